The Bertz CT molecular complexity index is 505. The van der Waals surface area contributed by atoms with Crippen LogP contribution in [0.2, 0.25) is 0 Å². The fourth-order valence-electron chi connectivity index (χ4n) is 1.43. The summed E-state index contributed by atoms with van der Waals surface area (Å²) in [7, 11) is 0. The normalized spacial score (nSPS) is 10.1. The highest BCUT2D eigenvalue weighted by atomic mass is 16.6. The molecular formula is C14H15NO3. The van der Waals surface area contributed by atoms with Crippen LogP contribution in [0.3, 0.4) is 0 Å². The van der Waals surface area contributed by atoms with Gasteiger partial charge in [-0.1, -0.05) is 25.1 Å². The van der Waals surface area contributed by atoms with E-state index >= 15 is 0 Å². The summed E-state index contributed by atoms with van der Waals surface area (Å²) >= 11 is 0. The van der Waals surface area contributed by atoms with E-state index in [0.717, 1.165) is 6.42 Å². The minimum Gasteiger partial charge on any atom is -0.426 e. The molecule has 4 nitrogen and oxygen atoms in total. The predicted molar refractivity (Wildman–Crippen MR) is 67.8 cm³/mol. The zero-order valence-corrected chi connectivity index (χ0v) is 10.2. The van der Waals surface area contributed by atoms with Crippen LogP contribution in [0.1, 0.15) is 23.9 Å². The Morgan fingerprint density at radius 1 is 1.22 bits per heavy atom. The monoisotopic (exact) mass is 245 g/mol. The highest BCUT2D eigenvalue weighted by molar-refractivity contribution is 5.91. The minimum absolute atomic E-state index is 0.222. The summed E-state index contributed by atoms with van der Waals surface area (Å²) in [5, 5.41) is 2.74. The maximum atomic E-state index is 11.6. The summed E-state index contributed by atoms with van der Waals surface area (Å²) in [4.78, 5) is 11.6. The highest BCUT2D eigenvalue weighted by Gasteiger charge is 2.11. The Morgan fingerprint density at radius 2 is 2.00 bits per heavy atom. The summed E-state index contributed by atoms with van der Waals surface area (Å²) < 4.78 is 10.8. The van der Waals surface area contributed by atoms with Crippen LogP contribution >= 0.6 is 0 Å². The first-order valence-electron chi connectivity index (χ1n) is 5.90. The molecule has 1 N–H and O–H groups in total. The van der Waals surface area contributed by atoms with Crippen LogP contribution in [0.5, 0.6) is 11.7 Å². The molecule has 0 aliphatic carbocycles. The maximum Gasteiger partial charge on any atom is 0.290 e. The fraction of sp³-hybridized carbons (Fsp3) is 0.214. The number of amides is 1. The number of hydrogen-bond donors (Lipinski definition) is 1. The van der Waals surface area contributed by atoms with E-state index in [9.17, 15) is 4.79 Å². The Hall–Kier alpha value is -2.23. The molecule has 1 amide bonds. The van der Waals surface area contributed by atoms with Crippen molar-refractivity contribution in [3.05, 3.63) is 48.2 Å². The van der Waals surface area contributed by atoms with Gasteiger partial charge >= 0.3 is 0 Å². The van der Waals surface area contributed by atoms with Crippen LogP contribution in [-0.2, 0) is 0 Å². The summed E-state index contributed by atoms with van der Waals surface area (Å²) in [6.07, 6.45) is 0.889. The molecule has 1 aromatic carbocycles. The summed E-state index contributed by atoms with van der Waals surface area (Å²) in [6.45, 7) is 2.63. The molecule has 0 bridgehead atoms. The zero-order chi connectivity index (χ0) is 12.8. The van der Waals surface area contributed by atoms with Crippen molar-refractivity contribution in [3.8, 4) is 11.7 Å². The standard InChI is InChI=1S/C14H15NO3/c1-2-10-15-14(16)12-8-9-13(18-12)17-11-6-4-3-5-7-11/h3-9H,2,10H2,1H3,(H,15,16). The van der Waals surface area contributed by atoms with Crippen LogP contribution in [0.25, 0.3) is 0 Å². The van der Waals surface area contributed by atoms with E-state index in [0.29, 0.717) is 18.2 Å². The van der Waals surface area contributed by atoms with E-state index in [-0.39, 0.29) is 11.7 Å². The number of carbonyl (C=O) groups excluding carboxylic acids is 1. The molecule has 0 saturated heterocycles. The van der Waals surface area contributed by atoms with Crippen molar-refractivity contribution in [2.24, 2.45) is 0 Å². The third-order valence-corrected chi connectivity index (χ3v) is 2.30. The van der Waals surface area contributed by atoms with Crippen molar-refractivity contribution in [1.82, 2.24) is 5.32 Å². The van der Waals surface area contributed by atoms with Crippen molar-refractivity contribution in [3.63, 3.8) is 0 Å². The van der Waals surface area contributed by atoms with E-state index in [2.05, 4.69) is 5.32 Å². The van der Waals surface area contributed by atoms with Crippen molar-refractivity contribution in [2.75, 3.05) is 6.54 Å². The molecule has 0 radical (unpaired) electrons. The molecule has 18 heavy (non-hydrogen) atoms. The Labute approximate surface area is 106 Å². The van der Waals surface area contributed by atoms with Gasteiger partial charge in [0.25, 0.3) is 11.9 Å². The molecule has 4 heteroatoms. The highest BCUT2D eigenvalue weighted by Crippen LogP contribution is 2.23. The number of carbonyl (C=O) groups is 1. The zero-order valence-electron chi connectivity index (χ0n) is 10.2. The second-order valence-electron chi connectivity index (χ2n) is 3.79. The number of furan rings is 1. The molecule has 0 saturated carbocycles. The Balaban J connectivity index is 2.00. The molecule has 1 heterocycles. The third kappa shape index (κ3) is 3.13. The average Bonchev–Trinajstić information content (AvgIpc) is 2.86. The second kappa shape index (κ2) is 5.91. The molecule has 0 aliphatic rings. The topological polar surface area (TPSA) is 51.5 Å². The summed E-state index contributed by atoms with van der Waals surface area (Å²) in [6, 6.07) is 12.5. The van der Waals surface area contributed by atoms with Crippen molar-refractivity contribution in [1.29, 1.82) is 0 Å². The van der Waals surface area contributed by atoms with Crippen molar-refractivity contribution >= 4 is 5.91 Å². The number of ether oxygens (including phenoxy) is 1. The number of rotatable bonds is 5. The van der Waals surface area contributed by atoms with Gasteiger partial charge in [-0.3, -0.25) is 4.79 Å². The van der Waals surface area contributed by atoms with Gasteiger partial charge in [-0.05, 0) is 24.6 Å². The van der Waals surface area contributed by atoms with Crippen molar-refractivity contribution in [2.45, 2.75) is 13.3 Å². The van der Waals surface area contributed by atoms with Gasteiger partial charge in [0.2, 0.25) is 0 Å². The van der Waals surface area contributed by atoms with Crippen LogP contribution in [0, 0.1) is 0 Å². The third-order valence-electron chi connectivity index (χ3n) is 2.30. The molecule has 0 atom stereocenters. The number of nitrogens with one attached hydrogen (secondary N) is 1. The molecule has 0 unspecified atom stereocenters. The van der Waals surface area contributed by atoms with Gasteiger partial charge in [-0.15, -0.1) is 0 Å². The maximum absolute atomic E-state index is 11.6. The lowest BCUT2D eigenvalue weighted by Gasteiger charge is -2.01. The van der Waals surface area contributed by atoms with E-state index in [4.69, 9.17) is 9.15 Å². The largest absolute Gasteiger partial charge is 0.426 e. The first kappa shape index (κ1) is 12.2. The molecular weight excluding hydrogens is 230 g/mol. The lowest BCUT2D eigenvalue weighted by molar-refractivity contribution is 0.0921. The van der Waals surface area contributed by atoms with Gasteiger partial charge in [0.15, 0.2) is 5.76 Å². The molecule has 0 spiro atoms. The minimum atomic E-state index is -0.222. The van der Waals surface area contributed by atoms with E-state index in [1.165, 1.54) is 0 Å². The Kier molecular flexibility index (Phi) is 4.02. The van der Waals surface area contributed by atoms with Gasteiger partial charge < -0.3 is 14.5 Å². The predicted octanol–water partition coefficient (Wildman–Crippen LogP) is 3.21. The first-order valence-corrected chi connectivity index (χ1v) is 5.90. The molecule has 0 aliphatic heterocycles. The number of hydrogen-bond acceptors (Lipinski definition) is 3. The molecule has 1 aromatic heterocycles. The SMILES string of the molecule is CCCNC(=O)c1ccc(Oc2ccccc2)o1. The van der Waals surface area contributed by atoms with E-state index in [1.54, 1.807) is 12.1 Å². The quantitative estimate of drug-likeness (QED) is 0.880. The van der Waals surface area contributed by atoms with Gasteiger partial charge in [0.05, 0.1) is 0 Å². The number of para-hydroxylation sites is 1. The second-order valence-corrected chi connectivity index (χ2v) is 3.79. The molecule has 0 fully saturated rings. The average molecular weight is 245 g/mol. The lowest BCUT2D eigenvalue weighted by Crippen LogP contribution is -2.23. The molecule has 2 aromatic rings. The molecule has 2 rings (SSSR count). The summed E-state index contributed by atoms with van der Waals surface area (Å²) in [5.41, 5.74) is 0. The fourth-order valence-corrected chi connectivity index (χ4v) is 1.43. The smallest absolute Gasteiger partial charge is 0.290 e. The van der Waals surface area contributed by atoms with E-state index in [1.807, 2.05) is 37.3 Å². The summed E-state index contributed by atoms with van der Waals surface area (Å²) in [5.74, 6) is 1.02. The van der Waals surface area contributed by atoms with Crippen LogP contribution < -0.4 is 10.1 Å². The van der Waals surface area contributed by atoms with Gasteiger partial charge in [0, 0.05) is 12.6 Å². The van der Waals surface area contributed by atoms with Crippen LogP contribution in [0.15, 0.2) is 46.9 Å². The van der Waals surface area contributed by atoms with Crippen molar-refractivity contribution < 1.29 is 13.9 Å². The van der Waals surface area contributed by atoms with E-state index < -0.39 is 0 Å². The molecule has 94 valence electrons. The Morgan fingerprint density at radius 3 is 2.72 bits per heavy atom. The van der Waals surface area contributed by atoms with Crippen LogP contribution in [0.4, 0.5) is 0 Å². The van der Waals surface area contributed by atoms with Gasteiger partial charge in [-0.25, -0.2) is 0 Å². The van der Waals surface area contributed by atoms with Crippen LogP contribution in [-0.4, -0.2) is 12.5 Å². The lowest BCUT2D eigenvalue weighted by atomic mass is 10.3. The van der Waals surface area contributed by atoms with Gasteiger partial charge in [0.1, 0.15) is 5.75 Å². The number of benzene rings is 1. The first-order chi connectivity index (χ1) is 8.79. The van der Waals surface area contributed by atoms with Gasteiger partial charge in [-0.2, -0.15) is 0 Å².